The molecule has 3 N–H and O–H groups in total. The van der Waals surface area contributed by atoms with E-state index < -0.39 is 0 Å². The van der Waals surface area contributed by atoms with E-state index in [9.17, 15) is 4.79 Å². The molecule has 1 fully saturated rings. The minimum absolute atomic E-state index is 0.193. The number of Topliss-reactive ketones (excluding diaryl/α,β-unsaturated/α-hetero) is 1. The van der Waals surface area contributed by atoms with Crippen molar-refractivity contribution >= 4 is 23.1 Å². The van der Waals surface area contributed by atoms with E-state index in [1.807, 2.05) is 0 Å². The van der Waals surface area contributed by atoms with Crippen LogP contribution in [0.1, 0.15) is 50.4 Å². The van der Waals surface area contributed by atoms with Gasteiger partial charge in [-0.3, -0.25) is 4.79 Å². The predicted molar refractivity (Wildman–Crippen MR) is 88.8 cm³/mol. The first-order valence-electron chi connectivity index (χ1n) is 7.54. The number of rotatable bonds is 4. The van der Waals surface area contributed by atoms with Crippen molar-refractivity contribution in [3.63, 3.8) is 0 Å². The fourth-order valence-corrected chi connectivity index (χ4v) is 3.03. The Kier molecular flexibility index (Phi) is 4.64. The summed E-state index contributed by atoms with van der Waals surface area (Å²) in [6.45, 7) is 8.30. The first-order chi connectivity index (χ1) is 9.73. The number of nitrogen functional groups attached to an aromatic ring is 1. The monoisotopic (exact) mass is 308 g/mol. The second-order valence-electron chi connectivity index (χ2n) is 7.33. The zero-order valence-electron chi connectivity index (χ0n) is 13.1. The number of hydrogen-bond acceptors (Lipinski definition) is 3. The minimum Gasteiger partial charge on any atom is -0.398 e. The SMILES string of the molecule is CC(C)(C)CC[C@]1(C(=O)c2ccc(N)c(Cl)c2)CCNC1. The maximum atomic E-state index is 13.0. The van der Waals surface area contributed by atoms with Crippen LogP contribution in [0.5, 0.6) is 0 Å². The normalized spacial score (nSPS) is 22.5. The number of carbonyl (C=O) groups is 1. The van der Waals surface area contributed by atoms with Gasteiger partial charge in [0.25, 0.3) is 0 Å². The molecule has 1 heterocycles. The van der Waals surface area contributed by atoms with Crippen molar-refractivity contribution in [2.24, 2.45) is 10.8 Å². The van der Waals surface area contributed by atoms with Gasteiger partial charge in [0.1, 0.15) is 0 Å². The van der Waals surface area contributed by atoms with Crippen LogP contribution in [0.25, 0.3) is 0 Å². The third-order valence-corrected chi connectivity index (χ3v) is 4.67. The Morgan fingerprint density at radius 2 is 2.14 bits per heavy atom. The molecule has 0 bridgehead atoms. The highest BCUT2D eigenvalue weighted by Gasteiger charge is 2.41. The number of ketones is 1. The van der Waals surface area contributed by atoms with Gasteiger partial charge in [0.05, 0.1) is 10.7 Å². The number of benzene rings is 1. The summed E-state index contributed by atoms with van der Waals surface area (Å²) < 4.78 is 0. The Hall–Kier alpha value is -1.06. The number of carbonyl (C=O) groups excluding carboxylic acids is 1. The van der Waals surface area contributed by atoms with Gasteiger partial charge < -0.3 is 11.1 Å². The molecule has 0 aliphatic carbocycles. The van der Waals surface area contributed by atoms with Gasteiger partial charge in [-0.2, -0.15) is 0 Å². The predicted octanol–water partition coefficient (Wildman–Crippen LogP) is 3.91. The number of nitrogens with one attached hydrogen (secondary N) is 1. The molecular formula is C17H25ClN2O. The van der Waals surface area contributed by atoms with Crippen molar-refractivity contribution in [2.75, 3.05) is 18.8 Å². The maximum absolute atomic E-state index is 13.0. The quantitative estimate of drug-likeness (QED) is 0.655. The van der Waals surface area contributed by atoms with Gasteiger partial charge >= 0.3 is 0 Å². The molecule has 1 atom stereocenters. The van der Waals surface area contributed by atoms with E-state index in [1.165, 1.54) is 0 Å². The summed E-state index contributed by atoms with van der Waals surface area (Å²) in [5, 5.41) is 3.80. The maximum Gasteiger partial charge on any atom is 0.170 e. The van der Waals surface area contributed by atoms with Crippen LogP contribution in [-0.2, 0) is 0 Å². The molecule has 0 amide bonds. The van der Waals surface area contributed by atoms with Gasteiger partial charge in [0.15, 0.2) is 5.78 Å². The number of hydrogen-bond donors (Lipinski definition) is 2. The molecule has 1 aromatic rings. The molecule has 0 saturated carbocycles. The van der Waals surface area contributed by atoms with E-state index in [0.29, 0.717) is 16.3 Å². The lowest BCUT2D eigenvalue weighted by Crippen LogP contribution is -2.34. The molecule has 1 saturated heterocycles. The Balaban J connectivity index is 2.24. The van der Waals surface area contributed by atoms with E-state index >= 15 is 0 Å². The van der Waals surface area contributed by atoms with E-state index in [1.54, 1.807) is 18.2 Å². The molecule has 0 aromatic heterocycles. The van der Waals surface area contributed by atoms with Crippen molar-refractivity contribution in [1.29, 1.82) is 0 Å². The highest BCUT2D eigenvalue weighted by atomic mass is 35.5. The lowest BCUT2D eigenvalue weighted by Gasteiger charge is -2.30. The topological polar surface area (TPSA) is 55.1 Å². The lowest BCUT2D eigenvalue weighted by molar-refractivity contribution is 0.0783. The van der Waals surface area contributed by atoms with Crippen molar-refractivity contribution < 1.29 is 4.79 Å². The van der Waals surface area contributed by atoms with Gasteiger partial charge in [-0.15, -0.1) is 0 Å². The summed E-state index contributed by atoms with van der Waals surface area (Å²) in [4.78, 5) is 13.0. The zero-order chi connectivity index (χ0) is 15.7. The summed E-state index contributed by atoms with van der Waals surface area (Å²) >= 11 is 6.07. The Morgan fingerprint density at radius 1 is 1.43 bits per heavy atom. The third-order valence-electron chi connectivity index (χ3n) is 4.34. The molecule has 116 valence electrons. The second-order valence-corrected chi connectivity index (χ2v) is 7.74. The zero-order valence-corrected chi connectivity index (χ0v) is 13.9. The minimum atomic E-state index is -0.299. The van der Waals surface area contributed by atoms with Crippen LogP contribution in [0.2, 0.25) is 5.02 Å². The summed E-state index contributed by atoms with van der Waals surface area (Å²) in [6, 6.07) is 5.21. The summed E-state index contributed by atoms with van der Waals surface area (Å²) in [6.07, 6.45) is 2.83. The van der Waals surface area contributed by atoms with Crippen LogP contribution >= 0.6 is 11.6 Å². The van der Waals surface area contributed by atoms with Crippen LogP contribution in [-0.4, -0.2) is 18.9 Å². The fraction of sp³-hybridized carbons (Fsp3) is 0.588. The summed E-state index contributed by atoms with van der Waals surface area (Å²) in [7, 11) is 0. The smallest absolute Gasteiger partial charge is 0.170 e. The first kappa shape index (κ1) is 16.3. The van der Waals surface area contributed by atoms with Gasteiger partial charge in [-0.1, -0.05) is 32.4 Å². The molecule has 1 aliphatic rings. The first-order valence-corrected chi connectivity index (χ1v) is 7.92. The Labute approximate surface area is 132 Å². The fourth-order valence-electron chi connectivity index (χ4n) is 2.85. The van der Waals surface area contributed by atoms with Crippen molar-refractivity contribution in [1.82, 2.24) is 5.32 Å². The van der Waals surface area contributed by atoms with Crippen molar-refractivity contribution in [3.05, 3.63) is 28.8 Å². The number of anilines is 1. The second kappa shape index (κ2) is 5.98. The van der Waals surface area contributed by atoms with Crippen LogP contribution in [0.3, 0.4) is 0 Å². The lowest BCUT2D eigenvalue weighted by atomic mass is 9.72. The molecule has 0 spiro atoms. The molecule has 0 radical (unpaired) electrons. The van der Waals surface area contributed by atoms with Crippen LogP contribution in [0, 0.1) is 10.8 Å². The molecule has 21 heavy (non-hydrogen) atoms. The number of halogens is 1. The van der Waals surface area contributed by atoms with Crippen molar-refractivity contribution in [3.8, 4) is 0 Å². The average molecular weight is 309 g/mol. The Bertz CT molecular complexity index is 528. The molecule has 1 aromatic carbocycles. The Morgan fingerprint density at radius 3 is 2.67 bits per heavy atom. The van der Waals surface area contributed by atoms with Crippen LogP contribution in [0.4, 0.5) is 5.69 Å². The largest absolute Gasteiger partial charge is 0.398 e. The van der Waals surface area contributed by atoms with E-state index in [0.717, 1.165) is 32.4 Å². The number of nitrogens with two attached hydrogens (primary N) is 1. The van der Waals surface area contributed by atoms with Crippen LogP contribution in [0.15, 0.2) is 18.2 Å². The highest BCUT2D eigenvalue weighted by Crippen LogP contribution is 2.39. The van der Waals surface area contributed by atoms with E-state index in [2.05, 4.69) is 26.1 Å². The summed E-state index contributed by atoms with van der Waals surface area (Å²) in [5.41, 5.74) is 6.86. The molecule has 0 unspecified atom stereocenters. The molecule has 2 rings (SSSR count). The van der Waals surface area contributed by atoms with E-state index in [-0.39, 0.29) is 16.6 Å². The summed E-state index contributed by atoms with van der Waals surface area (Å²) in [5.74, 6) is 0.193. The molecule has 4 heteroatoms. The van der Waals surface area contributed by atoms with E-state index in [4.69, 9.17) is 17.3 Å². The van der Waals surface area contributed by atoms with Crippen molar-refractivity contribution in [2.45, 2.75) is 40.0 Å². The average Bonchev–Trinajstić information content (AvgIpc) is 2.88. The van der Waals surface area contributed by atoms with Gasteiger partial charge in [0.2, 0.25) is 0 Å². The molecule has 3 nitrogen and oxygen atoms in total. The standard InChI is InChI=1S/C17H25ClN2O/c1-16(2,3)6-7-17(8-9-20-11-17)15(21)12-4-5-14(19)13(18)10-12/h4-5,10,20H,6-9,11,19H2,1-3H3/t17-/m0/s1. The molecule has 1 aliphatic heterocycles. The van der Waals surface area contributed by atoms with Crippen LogP contribution < -0.4 is 11.1 Å². The third kappa shape index (κ3) is 3.78. The van der Waals surface area contributed by atoms with Gasteiger partial charge in [-0.05, 0) is 49.4 Å². The van der Waals surface area contributed by atoms with Gasteiger partial charge in [-0.25, -0.2) is 0 Å². The van der Waals surface area contributed by atoms with Gasteiger partial charge in [0, 0.05) is 17.5 Å². The highest BCUT2D eigenvalue weighted by molar-refractivity contribution is 6.33. The molecular weight excluding hydrogens is 284 g/mol.